The monoisotopic (exact) mass is 481 g/mol. The molecule has 7 heteroatoms. The minimum Gasteiger partial charge on any atom is -0.466 e. The van der Waals surface area contributed by atoms with Crippen molar-refractivity contribution in [2.75, 3.05) is 19.7 Å². The van der Waals surface area contributed by atoms with Gasteiger partial charge in [-0.05, 0) is 49.9 Å². The van der Waals surface area contributed by atoms with E-state index in [0.717, 1.165) is 28.8 Å². The van der Waals surface area contributed by atoms with E-state index in [1.54, 1.807) is 0 Å². The highest BCUT2D eigenvalue weighted by molar-refractivity contribution is 6.31. The van der Waals surface area contributed by atoms with Gasteiger partial charge in [-0.1, -0.05) is 55.3 Å². The number of rotatable bonds is 8. The summed E-state index contributed by atoms with van der Waals surface area (Å²) in [6, 6.07) is 15.4. The zero-order valence-electron chi connectivity index (χ0n) is 19.9. The van der Waals surface area contributed by atoms with Crippen LogP contribution in [-0.4, -0.2) is 46.0 Å². The molecular formula is C27H32ClN3O3. The lowest BCUT2D eigenvalue weighted by molar-refractivity contribution is -0.151. The number of amides is 1. The smallest absolute Gasteiger partial charge is 0.309 e. The van der Waals surface area contributed by atoms with Gasteiger partial charge in [0.15, 0.2) is 0 Å². The second kappa shape index (κ2) is 11.0. The number of carbonyl (C=O) groups is 2. The number of fused-ring (bicyclic) bond motifs is 1. The maximum atomic E-state index is 13.8. The highest BCUT2D eigenvalue weighted by Crippen LogP contribution is 2.30. The van der Waals surface area contributed by atoms with Crippen LogP contribution in [0, 0.1) is 5.92 Å². The normalized spacial score (nSPS) is 15.4. The van der Waals surface area contributed by atoms with E-state index in [1.165, 1.54) is 0 Å². The van der Waals surface area contributed by atoms with Crippen LogP contribution in [0.4, 0.5) is 0 Å². The fourth-order valence-corrected chi connectivity index (χ4v) is 5.02. The third kappa shape index (κ3) is 5.12. The average Bonchev–Trinajstić information content (AvgIpc) is 3.21. The largest absolute Gasteiger partial charge is 0.466 e. The maximum Gasteiger partial charge on any atom is 0.309 e. The van der Waals surface area contributed by atoms with Crippen LogP contribution in [0.25, 0.3) is 11.0 Å². The molecule has 1 atom stereocenters. The molecular weight excluding hydrogens is 450 g/mol. The molecule has 1 fully saturated rings. The quantitative estimate of drug-likeness (QED) is 0.403. The topological polar surface area (TPSA) is 64.4 Å². The molecule has 6 nitrogen and oxygen atoms in total. The summed E-state index contributed by atoms with van der Waals surface area (Å²) >= 11 is 6.46. The van der Waals surface area contributed by atoms with Crippen LogP contribution in [0.5, 0.6) is 0 Å². The molecule has 4 rings (SSSR count). The number of likely N-dealkylation sites (tertiary alicyclic amines) is 1. The zero-order chi connectivity index (χ0) is 24.1. The van der Waals surface area contributed by atoms with E-state index in [9.17, 15) is 9.59 Å². The predicted octanol–water partition coefficient (Wildman–Crippen LogP) is 5.42. The molecule has 34 heavy (non-hydrogen) atoms. The minimum absolute atomic E-state index is 0.0905. The van der Waals surface area contributed by atoms with Crippen LogP contribution in [0.2, 0.25) is 5.02 Å². The lowest BCUT2D eigenvalue weighted by Crippen LogP contribution is -2.44. The molecule has 0 spiro atoms. The van der Waals surface area contributed by atoms with Gasteiger partial charge in [-0.2, -0.15) is 0 Å². The van der Waals surface area contributed by atoms with Crippen molar-refractivity contribution in [3.63, 3.8) is 0 Å². The standard InChI is InChI=1S/C27H32ClN3O3/c1-3-9-24(26(32)30-16-14-19(15-17-30)27(33)34-4-2)31-23-13-8-7-12-22(23)29-25(31)18-20-10-5-6-11-21(20)28/h5-8,10-13,19,24H,3-4,9,14-18H2,1-2H3/t24-/m1/s1. The Hall–Kier alpha value is -2.86. The van der Waals surface area contributed by atoms with Crippen LogP contribution in [-0.2, 0) is 20.7 Å². The molecule has 1 aliphatic heterocycles. The molecule has 2 heterocycles. The van der Waals surface area contributed by atoms with E-state index in [0.29, 0.717) is 50.4 Å². The summed E-state index contributed by atoms with van der Waals surface area (Å²) in [5, 5.41) is 0.695. The van der Waals surface area contributed by atoms with Crippen LogP contribution in [0.3, 0.4) is 0 Å². The van der Waals surface area contributed by atoms with E-state index >= 15 is 0 Å². The Morgan fingerprint density at radius 1 is 1.09 bits per heavy atom. The molecule has 0 unspecified atom stereocenters. The summed E-state index contributed by atoms with van der Waals surface area (Å²) in [7, 11) is 0. The number of carbonyl (C=O) groups excluding carboxylic acids is 2. The first-order valence-corrected chi connectivity index (χ1v) is 12.6. The van der Waals surface area contributed by atoms with Gasteiger partial charge >= 0.3 is 5.97 Å². The summed E-state index contributed by atoms with van der Waals surface area (Å²) in [6.45, 7) is 5.43. The number of benzene rings is 2. The van der Waals surface area contributed by atoms with E-state index < -0.39 is 0 Å². The van der Waals surface area contributed by atoms with Crippen molar-refractivity contribution >= 4 is 34.5 Å². The van der Waals surface area contributed by atoms with Crippen LogP contribution in [0.1, 0.15) is 57.0 Å². The molecule has 2 aromatic carbocycles. The maximum absolute atomic E-state index is 13.8. The number of hydrogen-bond acceptors (Lipinski definition) is 4. The molecule has 0 N–H and O–H groups in total. The first-order chi connectivity index (χ1) is 16.5. The fourth-order valence-electron chi connectivity index (χ4n) is 4.82. The molecule has 1 saturated heterocycles. The van der Waals surface area contributed by atoms with Crippen molar-refractivity contribution in [2.24, 2.45) is 5.92 Å². The first kappa shape index (κ1) is 24.3. The van der Waals surface area contributed by atoms with Gasteiger partial charge in [0, 0.05) is 24.5 Å². The number of piperidine rings is 1. The summed E-state index contributed by atoms with van der Waals surface area (Å²) in [5.41, 5.74) is 2.82. The van der Waals surface area contributed by atoms with Crippen molar-refractivity contribution in [3.8, 4) is 0 Å². The van der Waals surface area contributed by atoms with Crippen LogP contribution >= 0.6 is 11.6 Å². The summed E-state index contributed by atoms with van der Waals surface area (Å²) < 4.78 is 7.30. The number of aromatic nitrogens is 2. The zero-order valence-corrected chi connectivity index (χ0v) is 20.6. The first-order valence-electron chi connectivity index (χ1n) is 12.2. The Kier molecular flexibility index (Phi) is 7.88. The molecule has 0 bridgehead atoms. The van der Waals surface area contributed by atoms with Gasteiger partial charge in [-0.25, -0.2) is 4.98 Å². The molecule has 3 aromatic rings. The molecule has 0 radical (unpaired) electrons. The SMILES string of the molecule is CCC[C@H](C(=O)N1CCC(C(=O)OCC)CC1)n1c(Cc2ccccc2Cl)nc2ccccc21. The molecule has 1 aliphatic rings. The Balaban J connectivity index is 1.64. The number of nitrogens with zero attached hydrogens (tertiary/aromatic N) is 3. The number of halogens is 1. The van der Waals surface area contributed by atoms with Crippen LogP contribution in [0.15, 0.2) is 48.5 Å². The second-order valence-electron chi connectivity index (χ2n) is 8.81. The van der Waals surface area contributed by atoms with Gasteiger partial charge in [0.2, 0.25) is 5.91 Å². The predicted molar refractivity (Wildman–Crippen MR) is 134 cm³/mol. The summed E-state index contributed by atoms with van der Waals surface area (Å²) in [5.74, 6) is 0.649. The lowest BCUT2D eigenvalue weighted by atomic mass is 9.96. The number of para-hydroxylation sites is 2. The Labute approximate surface area is 205 Å². The number of hydrogen-bond donors (Lipinski definition) is 0. The second-order valence-corrected chi connectivity index (χ2v) is 9.22. The van der Waals surface area contributed by atoms with Gasteiger partial charge in [0.25, 0.3) is 0 Å². The minimum atomic E-state index is -0.353. The van der Waals surface area contributed by atoms with Gasteiger partial charge in [-0.3, -0.25) is 9.59 Å². The summed E-state index contributed by atoms with van der Waals surface area (Å²) in [6.07, 6.45) is 3.41. The third-order valence-electron chi connectivity index (χ3n) is 6.56. The number of esters is 1. The van der Waals surface area contributed by atoms with Crippen molar-refractivity contribution in [3.05, 3.63) is 64.9 Å². The van der Waals surface area contributed by atoms with E-state index in [-0.39, 0.29) is 23.8 Å². The fraction of sp³-hybridized carbons (Fsp3) is 0.444. The van der Waals surface area contributed by atoms with E-state index in [4.69, 9.17) is 21.3 Å². The molecule has 0 aliphatic carbocycles. The molecule has 180 valence electrons. The van der Waals surface area contributed by atoms with Gasteiger partial charge in [0.05, 0.1) is 23.6 Å². The van der Waals surface area contributed by atoms with Crippen molar-refractivity contribution in [2.45, 2.75) is 52.0 Å². The lowest BCUT2D eigenvalue weighted by Gasteiger charge is -2.34. The van der Waals surface area contributed by atoms with E-state index in [1.807, 2.05) is 60.4 Å². The van der Waals surface area contributed by atoms with Crippen LogP contribution < -0.4 is 0 Å². The molecule has 1 amide bonds. The highest BCUT2D eigenvalue weighted by Gasteiger charge is 2.33. The Morgan fingerprint density at radius 2 is 1.79 bits per heavy atom. The molecule has 0 saturated carbocycles. The van der Waals surface area contributed by atoms with Gasteiger partial charge < -0.3 is 14.2 Å². The van der Waals surface area contributed by atoms with Gasteiger partial charge in [0.1, 0.15) is 11.9 Å². The Morgan fingerprint density at radius 3 is 2.50 bits per heavy atom. The summed E-state index contributed by atoms with van der Waals surface area (Å²) in [4.78, 5) is 32.8. The number of imidazole rings is 1. The van der Waals surface area contributed by atoms with Crippen molar-refractivity contribution < 1.29 is 14.3 Å². The van der Waals surface area contributed by atoms with Crippen molar-refractivity contribution in [1.82, 2.24) is 14.5 Å². The molecule has 1 aromatic heterocycles. The Bertz CT molecular complexity index is 1150. The third-order valence-corrected chi connectivity index (χ3v) is 6.93. The van der Waals surface area contributed by atoms with Gasteiger partial charge in [-0.15, -0.1) is 0 Å². The van der Waals surface area contributed by atoms with Crippen molar-refractivity contribution in [1.29, 1.82) is 0 Å². The average molecular weight is 482 g/mol. The number of ether oxygens (including phenoxy) is 1. The highest BCUT2D eigenvalue weighted by atomic mass is 35.5. The van der Waals surface area contributed by atoms with E-state index in [2.05, 4.69) is 11.5 Å².